The van der Waals surface area contributed by atoms with Crippen molar-refractivity contribution in [2.75, 3.05) is 7.11 Å². The molecule has 0 amide bonds. The highest BCUT2D eigenvalue weighted by atomic mass is 32.1. The number of rotatable bonds is 3. The number of aliphatic hydroxyl groups is 1. The van der Waals surface area contributed by atoms with Crippen molar-refractivity contribution in [1.29, 1.82) is 0 Å². The Morgan fingerprint density at radius 3 is 2.63 bits per heavy atom. The zero-order valence-electron chi connectivity index (χ0n) is 9.94. The van der Waals surface area contributed by atoms with Gasteiger partial charge in [-0.25, -0.2) is 0 Å². The number of methoxy groups -OCH3 is 1. The van der Waals surface area contributed by atoms with Crippen LogP contribution in [-0.4, -0.2) is 12.2 Å². The maximum atomic E-state index is 12.6. The second-order valence-corrected chi connectivity index (χ2v) is 4.83. The molecular weight excluding hydrogens is 277 g/mol. The Balaban J connectivity index is 2.37. The topological polar surface area (TPSA) is 29.5 Å². The Kier molecular flexibility index (Phi) is 3.82. The molecule has 2 nitrogen and oxygen atoms in total. The van der Waals surface area contributed by atoms with Gasteiger partial charge in [0.15, 0.2) is 0 Å². The highest BCUT2D eigenvalue weighted by molar-refractivity contribution is 7.10. The first-order valence-corrected chi connectivity index (χ1v) is 6.28. The largest absolute Gasteiger partial charge is 0.495 e. The average Bonchev–Trinajstić information content (AvgIpc) is 2.85. The van der Waals surface area contributed by atoms with E-state index in [0.29, 0.717) is 10.6 Å². The van der Waals surface area contributed by atoms with E-state index in [9.17, 15) is 18.3 Å². The van der Waals surface area contributed by atoms with Gasteiger partial charge in [0.1, 0.15) is 11.9 Å². The van der Waals surface area contributed by atoms with Crippen LogP contribution in [-0.2, 0) is 6.18 Å². The number of thiophene rings is 1. The number of ether oxygens (including phenoxy) is 1. The molecule has 0 spiro atoms. The molecule has 0 aliphatic rings. The number of halogens is 3. The first kappa shape index (κ1) is 13.9. The highest BCUT2D eigenvalue weighted by Gasteiger charge is 2.31. The molecule has 1 aromatic heterocycles. The summed E-state index contributed by atoms with van der Waals surface area (Å²) >= 11 is 1.23. The smallest absolute Gasteiger partial charge is 0.416 e. The van der Waals surface area contributed by atoms with Gasteiger partial charge >= 0.3 is 6.18 Å². The second kappa shape index (κ2) is 5.22. The van der Waals surface area contributed by atoms with Gasteiger partial charge in [0.05, 0.1) is 17.6 Å². The Morgan fingerprint density at radius 1 is 1.26 bits per heavy atom. The Labute approximate surface area is 112 Å². The second-order valence-electron chi connectivity index (χ2n) is 3.88. The molecule has 1 aromatic carbocycles. The summed E-state index contributed by atoms with van der Waals surface area (Å²) in [6.07, 6.45) is -5.55. The molecule has 0 aliphatic carbocycles. The van der Waals surface area contributed by atoms with Crippen LogP contribution in [0.2, 0.25) is 0 Å². The predicted molar refractivity (Wildman–Crippen MR) is 66.4 cm³/mol. The van der Waals surface area contributed by atoms with Gasteiger partial charge in [-0.3, -0.25) is 0 Å². The van der Waals surface area contributed by atoms with Crippen LogP contribution in [0.1, 0.15) is 22.1 Å². The van der Waals surface area contributed by atoms with Gasteiger partial charge in [0, 0.05) is 0 Å². The van der Waals surface area contributed by atoms with Crippen molar-refractivity contribution in [2.45, 2.75) is 12.3 Å². The van der Waals surface area contributed by atoms with Crippen molar-refractivity contribution in [1.82, 2.24) is 0 Å². The number of hydrogen-bond acceptors (Lipinski definition) is 3. The van der Waals surface area contributed by atoms with E-state index < -0.39 is 17.8 Å². The summed E-state index contributed by atoms with van der Waals surface area (Å²) in [6.45, 7) is 0. The van der Waals surface area contributed by atoms with Gasteiger partial charge in [-0.2, -0.15) is 13.2 Å². The lowest BCUT2D eigenvalue weighted by Crippen LogP contribution is -2.07. The number of benzene rings is 1. The van der Waals surface area contributed by atoms with Gasteiger partial charge in [-0.1, -0.05) is 12.1 Å². The molecule has 19 heavy (non-hydrogen) atoms. The SMILES string of the molecule is COc1ccsc1C(O)c1cccc(C(F)(F)F)c1. The first-order chi connectivity index (χ1) is 8.93. The Bertz CT molecular complexity index is 563. The summed E-state index contributed by atoms with van der Waals surface area (Å²) in [5, 5.41) is 11.9. The quantitative estimate of drug-likeness (QED) is 0.929. The lowest BCUT2D eigenvalue weighted by molar-refractivity contribution is -0.137. The molecule has 1 atom stereocenters. The summed E-state index contributed by atoms with van der Waals surface area (Å²) in [5.41, 5.74) is -0.588. The lowest BCUT2D eigenvalue weighted by atomic mass is 10.0. The van der Waals surface area contributed by atoms with E-state index in [2.05, 4.69) is 0 Å². The molecule has 0 radical (unpaired) electrons. The molecule has 1 N–H and O–H groups in total. The molecule has 0 fully saturated rings. The first-order valence-electron chi connectivity index (χ1n) is 5.40. The molecule has 0 saturated carbocycles. The maximum absolute atomic E-state index is 12.6. The van der Waals surface area contributed by atoms with E-state index in [1.54, 1.807) is 11.4 Å². The highest BCUT2D eigenvalue weighted by Crippen LogP contribution is 2.36. The van der Waals surface area contributed by atoms with Gasteiger partial charge in [-0.05, 0) is 29.1 Å². The third-order valence-corrected chi connectivity index (χ3v) is 3.61. The maximum Gasteiger partial charge on any atom is 0.416 e. The number of alkyl halides is 3. The summed E-state index contributed by atoms with van der Waals surface area (Å²) in [7, 11) is 1.45. The molecule has 102 valence electrons. The van der Waals surface area contributed by atoms with E-state index in [1.165, 1.54) is 30.6 Å². The van der Waals surface area contributed by atoms with Crippen molar-refractivity contribution in [3.63, 3.8) is 0 Å². The van der Waals surface area contributed by atoms with Crippen LogP contribution < -0.4 is 4.74 Å². The Hall–Kier alpha value is -1.53. The fourth-order valence-electron chi connectivity index (χ4n) is 1.71. The minimum absolute atomic E-state index is 0.190. The van der Waals surface area contributed by atoms with Gasteiger partial charge < -0.3 is 9.84 Å². The van der Waals surface area contributed by atoms with Crippen molar-refractivity contribution in [3.8, 4) is 5.75 Å². The van der Waals surface area contributed by atoms with Crippen molar-refractivity contribution in [2.24, 2.45) is 0 Å². The van der Waals surface area contributed by atoms with E-state index in [1.807, 2.05) is 0 Å². The molecule has 0 saturated heterocycles. The molecular formula is C13H11F3O2S. The fraction of sp³-hybridized carbons (Fsp3) is 0.231. The van der Waals surface area contributed by atoms with Crippen LogP contribution in [0.5, 0.6) is 5.75 Å². The van der Waals surface area contributed by atoms with Crippen LogP contribution in [0.25, 0.3) is 0 Å². The third kappa shape index (κ3) is 2.90. The van der Waals surface area contributed by atoms with E-state index in [4.69, 9.17) is 4.74 Å². The van der Waals surface area contributed by atoms with Crippen LogP contribution in [0.4, 0.5) is 13.2 Å². The summed E-state index contributed by atoms with van der Waals surface area (Å²) in [4.78, 5) is 0.488. The third-order valence-electron chi connectivity index (χ3n) is 2.66. The van der Waals surface area contributed by atoms with Crippen LogP contribution in [0.15, 0.2) is 35.7 Å². The van der Waals surface area contributed by atoms with Gasteiger partial charge in [0.2, 0.25) is 0 Å². The molecule has 6 heteroatoms. The van der Waals surface area contributed by atoms with E-state index in [0.717, 1.165) is 12.1 Å². The van der Waals surface area contributed by atoms with Crippen LogP contribution >= 0.6 is 11.3 Å². The zero-order valence-corrected chi connectivity index (χ0v) is 10.8. The summed E-state index contributed by atoms with van der Waals surface area (Å²) < 4.78 is 42.9. The monoisotopic (exact) mass is 288 g/mol. The Morgan fingerprint density at radius 2 is 2.00 bits per heavy atom. The average molecular weight is 288 g/mol. The van der Waals surface area contributed by atoms with Crippen LogP contribution in [0.3, 0.4) is 0 Å². The van der Waals surface area contributed by atoms with Gasteiger partial charge in [-0.15, -0.1) is 11.3 Å². The minimum atomic E-state index is -4.42. The standard InChI is InChI=1S/C13H11F3O2S/c1-18-10-5-6-19-12(10)11(17)8-3-2-4-9(7-8)13(14,15)16/h2-7,11,17H,1H3. The fourth-order valence-corrected chi connectivity index (χ4v) is 2.58. The number of aliphatic hydroxyl groups excluding tert-OH is 1. The lowest BCUT2D eigenvalue weighted by Gasteiger charge is -2.13. The summed E-state index contributed by atoms with van der Waals surface area (Å²) in [5.74, 6) is 0.468. The molecule has 2 rings (SSSR count). The van der Waals surface area contributed by atoms with Crippen LogP contribution in [0, 0.1) is 0 Å². The molecule has 0 aliphatic heterocycles. The predicted octanol–water partition coefficient (Wildman–Crippen LogP) is 3.86. The molecule has 1 heterocycles. The molecule has 2 aromatic rings. The minimum Gasteiger partial charge on any atom is -0.495 e. The van der Waals surface area contributed by atoms with Crippen molar-refractivity contribution >= 4 is 11.3 Å². The van der Waals surface area contributed by atoms with Crippen molar-refractivity contribution in [3.05, 3.63) is 51.7 Å². The van der Waals surface area contributed by atoms with Gasteiger partial charge in [0.25, 0.3) is 0 Å². The number of hydrogen-bond donors (Lipinski definition) is 1. The van der Waals surface area contributed by atoms with Crippen molar-refractivity contribution < 1.29 is 23.0 Å². The van der Waals surface area contributed by atoms with E-state index in [-0.39, 0.29) is 5.56 Å². The van der Waals surface area contributed by atoms with E-state index >= 15 is 0 Å². The zero-order chi connectivity index (χ0) is 14.0. The summed E-state index contributed by atoms with van der Waals surface area (Å²) in [6, 6.07) is 6.32. The molecule has 0 bridgehead atoms. The molecule has 1 unspecified atom stereocenters. The normalized spacial score (nSPS) is 13.3.